The molecular weight excluding hydrogens is 388 g/mol. The van der Waals surface area contributed by atoms with E-state index in [9.17, 15) is 5.11 Å². The number of aliphatic hydroxyl groups is 1. The van der Waals surface area contributed by atoms with Crippen LogP contribution < -0.4 is 5.32 Å². The van der Waals surface area contributed by atoms with Gasteiger partial charge in [0.05, 0.1) is 0 Å². The lowest BCUT2D eigenvalue weighted by atomic mass is 9.90. The molecule has 0 amide bonds. The van der Waals surface area contributed by atoms with Crippen molar-refractivity contribution >= 4 is 17.3 Å². The van der Waals surface area contributed by atoms with Crippen LogP contribution in [0.1, 0.15) is 30.3 Å². The van der Waals surface area contributed by atoms with Crippen molar-refractivity contribution in [1.82, 2.24) is 24.5 Å². The second kappa shape index (κ2) is 8.83. The number of nitrogens with one attached hydrogen (secondary N) is 1. The summed E-state index contributed by atoms with van der Waals surface area (Å²) in [6, 6.07) is 22.1. The highest BCUT2D eigenvalue weighted by Crippen LogP contribution is 2.30. The van der Waals surface area contributed by atoms with Gasteiger partial charge in [0.1, 0.15) is 6.10 Å². The summed E-state index contributed by atoms with van der Waals surface area (Å²) in [6.45, 7) is 2.88. The lowest BCUT2D eigenvalue weighted by Crippen LogP contribution is -2.35. The number of hydrogen-bond donors (Lipinski definition) is 2. The number of anilines is 2. The van der Waals surface area contributed by atoms with Gasteiger partial charge in [-0.3, -0.25) is 4.90 Å². The van der Waals surface area contributed by atoms with Crippen LogP contribution in [-0.4, -0.2) is 42.7 Å². The van der Waals surface area contributed by atoms with Crippen molar-refractivity contribution in [2.45, 2.75) is 25.5 Å². The van der Waals surface area contributed by atoms with Crippen molar-refractivity contribution in [3.63, 3.8) is 0 Å². The first-order chi connectivity index (χ1) is 15.3. The van der Waals surface area contributed by atoms with E-state index >= 15 is 0 Å². The fraction of sp³-hybridized carbons (Fsp3) is 0.292. The van der Waals surface area contributed by atoms with Crippen LogP contribution in [0.4, 0.5) is 11.6 Å². The summed E-state index contributed by atoms with van der Waals surface area (Å²) in [6.07, 6.45) is 2.87. The SMILES string of the molecule is OC(c1nccc2nc(Nc3ccccc3)nn12)C1CCN(Cc2ccccc2)CC1. The number of likely N-dealkylation sites (tertiary alicyclic amines) is 1. The maximum absolute atomic E-state index is 11.1. The average molecular weight is 415 g/mol. The number of benzene rings is 2. The molecule has 0 saturated carbocycles. The number of fused-ring (bicyclic) bond motifs is 1. The van der Waals surface area contributed by atoms with Gasteiger partial charge in [-0.2, -0.15) is 9.50 Å². The number of hydrogen-bond acceptors (Lipinski definition) is 6. The summed E-state index contributed by atoms with van der Waals surface area (Å²) in [7, 11) is 0. The fourth-order valence-corrected chi connectivity index (χ4v) is 4.22. The first kappa shape index (κ1) is 19.7. The molecule has 1 fully saturated rings. The Labute approximate surface area is 181 Å². The maximum atomic E-state index is 11.1. The zero-order valence-corrected chi connectivity index (χ0v) is 17.3. The largest absolute Gasteiger partial charge is 0.385 e. The number of aliphatic hydroxyl groups excluding tert-OH is 1. The van der Waals surface area contributed by atoms with Crippen LogP contribution in [0.25, 0.3) is 5.65 Å². The number of nitrogens with zero attached hydrogens (tertiary/aromatic N) is 5. The quantitative estimate of drug-likeness (QED) is 0.500. The second-order valence-electron chi connectivity index (χ2n) is 8.04. The van der Waals surface area contributed by atoms with E-state index in [1.807, 2.05) is 42.5 Å². The molecule has 0 aliphatic carbocycles. The normalized spacial score (nSPS) is 16.4. The minimum absolute atomic E-state index is 0.153. The molecule has 2 aromatic heterocycles. The molecule has 3 heterocycles. The molecule has 1 atom stereocenters. The van der Waals surface area contributed by atoms with E-state index in [2.05, 4.69) is 49.5 Å². The topological polar surface area (TPSA) is 78.6 Å². The van der Waals surface area contributed by atoms with Crippen LogP contribution in [0, 0.1) is 5.92 Å². The number of para-hydroxylation sites is 1. The minimum atomic E-state index is -0.672. The Bertz CT molecular complexity index is 1120. The lowest BCUT2D eigenvalue weighted by molar-refractivity contribution is 0.0494. The molecule has 0 bridgehead atoms. The Morgan fingerprint density at radius 1 is 0.968 bits per heavy atom. The Kier molecular flexibility index (Phi) is 5.60. The summed E-state index contributed by atoms with van der Waals surface area (Å²) < 4.78 is 1.66. The molecule has 1 saturated heterocycles. The Morgan fingerprint density at radius 2 is 1.68 bits per heavy atom. The molecule has 1 aliphatic heterocycles. The molecule has 1 aliphatic rings. The van der Waals surface area contributed by atoms with E-state index in [0.29, 0.717) is 17.4 Å². The molecular formula is C24H26N6O. The molecule has 7 nitrogen and oxygen atoms in total. The van der Waals surface area contributed by atoms with Crippen LogP contribution in [0.2, 0.25) is 0 Å². The number of rotatable bonds is 6. The molecule has 31 heavy (non-hydrogen) atoms. The summed E-state index contributed by atoms with van der Waals surface area (Å²) in [5.74, 6) is 1.19. The van der Waals surface area contributed by atoms with Gasteiger partial charge in [0.15, 0.2) is 11.5 Å². The van der Waals surface area contributed by atoms with E-state index < -0.39 is 6.10 Å². The molecule has 5 rings (SSSR count). The Balaban J connectivity index is 1.28. The summed E-state index contributed by atoms with van der Waals surface area (Å²) in [5, 5.41) is 18.9. The Hall–Kier alpha value is -3.29. The van der Waals surface area contributed by atoms with Gasteiger partial charge < -0.3 is 10.4 Å². The van der Waals surface area contributed by atoms with Crippen molar-refractivity contribution in [3.05, 3.63) is 84.3 Å². The van der Waals surface area contributed by atoms with Crippen molar-refractivity contribution in [3.8, 4) is 0 Å². The van der Waals surface area contributed by atoms with Crippen molar-refractivity contribution in [2.24, 2.45) is 5.92 Å². The molecule has 2 aromatic carbocycles. The number of piperidine rings is 1. The monoisotopic (exact) mass is 414 g/mol. The first-order valence-corrected chi connectivity index (χ1v) is 10.7. The van der Waals surface area contributed by atoms with Crippen molar-refractivity contribution < 1.29 is 5.11 Å². The zero-order chi connectivity index (χ0) is 21.0. The zero-order valence-electron chi connectivity index (χ0n) is 17.3. The molecule has 0 spiro atoms. The minimum Gasteiger partial charge on any atom is -0.385 e. The van der Waals surface area contributed by atoms with Crippen LogP contribution in [0.5, 0.6) is 0 Å². The molecule has 0 radical (unpaired) electrons. The van der Waals surface area contributed by atoms with Crippen LogP contribution in [0.15, 0.2) is 72.9 Å². The molecule has 1 unspecified atom stereocenters. The molecule has 2 N–H and O–H groups in total. The highest BCUT2D eigenvalue weighted by Gasteiger charge is 2.29. The van der Waals surface area contributed by atoms with Gasteiger partial charge in [-0.15, -0.1) is 5.10 Å². The predicted molar refractivity (Wildman–Crippen MR) is 120 cm³/mol. The molecule has 7 heteroatoms. The van der Waals surface area contributed by atoms with Gasteiger partial charge in [0, 0.05) is 24.5 Å². The van der Waals surface area contributed by atoms with Gasteiger partial charge in [-0.25, -0.2) is 4.98 Å². The van der Waals surface area contributed by atoms with Gasteiger partial charge in [-0.05, 0) is 49.5 Å². The summed E-state index contributed by atoms with van der Waals surface area (Å²) >= 11 is 0. The smallest absolute Gasteiger partial charge is 0.247 e. The van der Waals surface area contributed by atoms with E-state index in [1.54, 1.807) is 10.7 Å². The third-order valence-corrected chi connectivity index (χ3v) is 5.90. The van der Waals surface area contributed by atoms with E-state index in [4.69, 9.17) is 0 Å². The predicted octanol–water partition coefficient (Wildman–Crippen LogP) is 3.81. The highest BCUT2D eigenvalue weighted by atomic mass is 16.3. The third kappa shape index (κ3) is 4.42. The third-order valence-electron chi connectivity index (χ3n) is 5.90. The first-order valence-electron chi connectivity index (χ1n) is 10.7. The van der Waals surface area contributed by atoms with Gasteiger partial charge >= 0.3 is 0 Å². The van der Waals surface area contributed by atoms with Gasteiger partial charge in [0.2, 0.25) is 5.95 Å². The fourth-order valence-electron chi connectivity index (χ4n) is 4.22. The Morgan fingerprint density at radius 3 is 2.42 bits per heavy atom. The molecule has 4 aromatic rings. The van der Waals surface area contributed by atoms with Gasteiger partial charge in [-0.1, -0.05) is 48.5 Å². The average Bonchev–Trinajstić information content (AvgIpc) is 3.23. The standard InChI is InChI=1S/C24H26N6O/c31-22(19-12-15-29(16-13-19)17-18-7-3-1-4-8-18)23-25-14-11-21-27-24(28-30(21)23)26-20-9-5-2-6-10-20/h1-11,14,19,22,31H,12-13,15-17H2,(H,26,28). The second-order valence-corrected chi connectivity index (χ2v) is 8.04. The van der Waals surface area contributed by atoms with Gasteiger partial charge in [0.25, 0.3) is 0 Å². The van der Waals surface area contributed by atoms with Crippen LogP contribution >= 0.6 is 0 Å². The van der Waals surface area contributed by atoms with Crippen LogP contribution in [-0.2, 0) is 6.54 Å². The van der Waals surface area contributed by atoms with E-state index in [-0.39, 0.29) is 5.92 Å². The van der Waals surface area contributed by atoms with E-state index in [1.165, 1.54) is 5.56 Å². The molecule has 158 valence electrons. The van der Waals surface area contributed by atoms with Crippen molar-refractivity contribution in [1.29, 1.82) is 0 Å². The number of aromatic nitrogens is 4. The van der Waals surface area contributed by atoms with E-state index in [0.717, 1.165) is 38.2 Å². The maximum Gasteiger partial charge on any atom is 0.247 e. The van der Waals surface area contributed by atoms with Crippen molar-refractivity contribution in [2.75, 3.05) is 18.4 Å². The lowest BCUT2D eigenvalue weighted by Gasteiger charge is -2.34. The highest BCUT2D eigenvalue weighted by molar-refractivity contribution is 5.55. The summed E-state index contributed by atoms with van der Waals surface area (Å²) in [5.41, 5.74) is 2.91. The summed E-state index contributed by atoms with van der Waals surface area (Å²) in [4.78, 5) is 11.4. The van der Waals surface area contributed by atoms with Crippen LogP contribution in [0.3, 0.4) is 0 Å².